The Morgan fingerprint density at radius 2 is 1.74 bits per heavy atom. The summed E-state index contributed by atoms with van der Waals surface area (Å²) in [5, 5.41) is 6.12. The SMILES string of the molecule is CC(Nc1cccc2c1[nH]c1ccc(Br)cc12)c1ccccc1. The molecule has 0 aliphatic rings. The summed E-state index contributed by atoms with van der Waals surface area (Å²) in [6, 6.07) is 23.5. The van der Waals surface area contributed by atoms with Gasteiger partial charge in [-0.2, -0.15) is 0 Å². The number of aromatic amines is 1. The largest absolute Gasteiger partial charge is 0.377 e. The van der Waals surface area contributed by atoms with Crippen molar-refractivity contribution in [1.29, 1.82) is 0 Å². The summed E-state index contributed by atoms with van der Waals surface area (Å²) in [6.45, 7) is 2.19. The van der Waals surface area contributed by atoms with Gasteiger partial charge < -0.3 is 10.3 Å². The molecule has 1 aromatic heterocycles. The number of para-hydroxylation sites is 1. The van der Waals surface area contributed by atoms with Crippen molar-refractivity contribution in [3.63, 3.8) is 0 Å². The normalized spacial score (nSPS) is 12.6. The summed E-state index contributed by atoms with van der Waals surface area (Å²) in [5.74, 6) is 0. The highest BCUT2D eigenvalue weighted by atomic mass is 79.9. The molecule has 0 amide bonds. The van der Waals surface area contributed by atoms with E-state index in [-0.39, 0.29) is 6.04 Å². The second-order valence-corrected chi connectivity index (χ2v) is 6.74. The van der Waals surface area contributed by atoms with Crippen LogP contribution in [0.2, 0.25) is 0 Å². The van der Waals surface area contributed by atoms with Crippen molar-refractivity contribution in [3.05, 3.63) is 76.8 Å². The van der Waals surface area contributed by atoms with E-state index in [1.807, 2.05) is 6.07 Å². The third kappa shape index (κ3) is 2.62. The summed E-state index contributed by atoms with van der Waals surface area (Å²) in [7, 11) is 0. The summed E-state index contributed by atoms with van der Waals surface area (Å²) >= 11 is 3.56. The van der Waals surface area contributed by atoms with Crippen molar-refractivity contribution in [1.82, 2.24) is 4.98 Å². The van der Waals surface area contributed by atoms with Crippen LogP contribution in [0.5, 0.6) is 0 Å². The van der Waals surface area contributed by atoms with Crippen LogP contribution in [0.25, 0.3) is 21.8 Å². The van der Waals surface area contributed by atoms with Gasteiger partial charge in [0.15, 0.2) is 0 Å². The molecule has 1 unspecified atom stereocenters. The Morgan fingerprint density at radius 3 is 2.57 bits per heavy atom. The van der Waals surface area contributed by atoms with E-state index in [4.69, 9.17) is 0 Å². The third-order valence-corrected chi connectivity index (χ3v) is 4.76. The summed E-state index contributed by atoms with van der Waals surface area (Å²) in [5.41, 5.74) is 4.72. The Bertz CT molecular complexity index is 973. The lowest BCUT2D eigenvalue weighted by atomic mass is 10.1. The molecule has 2 N–H and O–H groups in total. The van der Waals surface area contributed by atoms with E-state index in [2.05, 4.69) is 93.8 Å². The molecule has 0 aliphatic carbocycles. The fraction of sp³-hybridized carbons (Fsp3) is 0.100. The summed E-state index contributed by atoms with van der Waals surface area (Å²) in [6.07, 6.45) is 0. The first kappa shape index (κ1) is 14.3. The molecule has 0 saturated heterocycles. The number of hydrogen-bond acceptors (Lipinski definition) is 1. The monoisotopic (exact) mass is 364 g/mol. The van der Waals surface area contributed by atoms with Gasteiger partial charge in [-0.15, -0.1) is 0 Å². The van der Waals surface area contributed by atoms with Gasteiger partial charge in [-0.05, 0) is 36.8 Å². The first-order valence-electron chi connectivity index (χ1n) is 7.74. The van der Waals surface area contributed by atoms with Gasteiger partial charge in [-0.25, -0.2) is 0 Å². The number of rotatable bonds is 3. The standard InChI is InChI=1S/C20H17BrN2/c1-13(14-6-3-2-4-7-14)22-19-9-5-8-16-17-12-15(21)10-11-18(17)23-20(16)19/h2-13,22-23H,1H3. The number of nitrogens with one attached hydrogen (secondary N) is 2. The maximum atomic E-state index is 3.63. The Labute approximate surface area is 143 Å². The van der Waals surface area contributed by atoms with Gasteiger partial charge in [-0.1, -0.05) is 58.4 Å². The van der Waals surface area contributed by atoms with Crippen molar-refractivity contribution in [3.8, 4) is 0 Å². The van der Waals surface area contributed by atoms with Crippen LogP contribution >= 0.6 is 15.9 Å². The molecule has 3 aromatic carbocycles. The highest BCUT2D eigenvalue weighted by molar-refractivity contribution is 9.10. The second kappa shape index (κ2) is 5.74. The zero-order chi connectivity index (χ0) is 15.8. The molecule has 0 saturated carbocycles. The van der Waals surface area contributed by atoms with Crippen LogP contribution in [-0.4, -0.2) is 4.98 Å². The molecular weight excluding hydrogens is 348 g/mol. The first-order chi connectivity index (χ1) is 11.2. The van der Waals surface area contributed by atoms with Gasteiger partial charge in [-0.3, -0.25) is 0 Å². The van der Waals surface area contributed by atoms with Gasteiger partial charge >= 0.3 is 0 Å². The van der Waals surface area contributed by atoms with Crippen LogP contribution in [0.3, 0.4) is 0 Å². The number of benzene rings is 3. The van der Waals surface area contributed by atoms with E-state index in [9.17, 15) is 0 Å². The lowest BCUT2D eigenvalue weighted by Crippen LogP contribution is -2.06. The van der Waals surface area contributed by atoms with E-state index in [0.29, 0.717) is 0 Å². The molecule has 1 heterocycles. The Morgan fingerprint density at radius 1 is 0.913 bits per heavy atom. The molecule has 0 aliphatic heterocycles. The molecule has 1 atom stereocenters. The smallest absolute Gasteiger partial charge is 0.0700 e. The second-order valence-electron chi connectivity index (χ2n) is 5.82. The van der Waals surface area contributed by atoms with E-state index in [1.165, 1.54) is 16.3 Å². The van der Waals surface area contributed by atoms with E-state index in [0.717, 1.165) is 21.2 Å². The molecule has 0 bridgehead atoms. The third-order valence-electron chi connectivity index (χ3n) is 4.27. The minimum absolute atomic E-state index is 0.250. The molecule has 3 heteroatoms. The van der Waals surface area contributed by atoms with E-state index < -0.39 is 0 Å². The van der Waals surface area contributed by atoms with Crippen molar-refractivity contribution < 1.29 is 0 Å². The van der Waals surface area contributed by atoms with Crippen LogP contribution in [0, 0.1) is 0 Å². The van der Waals surface area contributed by atoms with Gasteiger partial charge in [0.2, 0.25) is 0 Å². The Kier molecular flexibility index (Phi) is 3.58. The average molecular weight is 365 g/mol. The quantitative estimate of drug-likeness (QED) is 0.441. The number of aromatic nitrogens is 1. The van der Waals surface area contributed by atoms with E-state index in [1.54, 1.807) is 0 Å². The highest BCUT2D eigenvalue weighted by Crippen LogP contribution is 2.33. The topological polar surface area (TPSA) is 27.8 Å². The van der Waals surface area contributed by atoms with Gasteiger partial charge in [0.25, 0.3) is 0 Å². The predicted octanol–water partition coefficient (Wildman–Crippen LogP) is 6.26. The number of anilines is 1. The van der Waals surface area contributed by atoms with Crippen LogP contribution in [0.15, 0.2) is 71.2 Å². The molecule has 4 rings (SSSR count). The highest BCUT2D eigenvalue weighted by Gasteiger charge is 2.11. The molecule has 23 heavy (non-hydrogen) atoms. The molecule has 4 aromatic rings. The summed E-state index contributed by atoms with van der Waals surface area (Å²) in [4.78, 5) is 3.55. The minimum atomic E-state index is 0.250. The fourth-order valence-corrected chi connectivity index (χ4v) is 3.43. The van der Waals surface area contributed by atoms with Crippen molar-refractivity contribution in [2.24, 2.45) is 0 Å². The molecule has 0 radical (unpaired) electrons. The first-order valence-corrected chi connectivity index (χ1v) is 8.53. The zero-order valence-electron chi connectivity index (χ0n) is 12.8. The maximum absolute atomic E-state index is 3.63. The Balaban J connectivity index is 1.80. The van der Waals surface area contributed by atoms with Gasteiger partial charge in [0, 0.05) is 26.8 Å². The molecule has 2 nitrogen and oxygen atoms in total. The number of H-pyrrole nitrogens is 1. The zero-order valence-corrected chi connectivity index (χ0v) is 14.4. The van der Waals surface area contributed by atoms with E-state index >= 15 is 0 Å². The van der Waals surface area contributed by atoms with Crippen molar-refractivity contribution >= 4 is 43.4 Å². The molecular formula is C20H17BrN2. The number of hydrogen-bond donors (Lipinski definition) is 2. The molecule has 0 fully saturated rings. The maximum Gasteiger partial charge on any atom is 0.0700 e. The average Bonchev–Trinajstić information content (AvgIpc) is 2.95. The molecule has 114 valence electrons. The lowest BCUT2D eigenvalue weighted by Gasteiger charge is -2.16. The number of fused-ring (bicyclic) bond motifs is 3. The molecule has 0 spiro atoms. The fourth-order valence-electron chi connectivity index (χ4n) is 3.07. The van der Waals surface area contributed by atoms with Crippen LogP contribution in [0.1, 0.15) is 18.5 Å². The van der Waals surface area contributed by atoms with Crippen molar-refractivity contribution in [2.45, 2.75) is 13.0 Å². The minimum Gasteiger partial charge on any atom is -0.377 e. The predicted molar refractivity (Wildman–Crippen MR) is 102 cm³/mol. The Hall–Kier alpha value is -2.26. The van der Waals surface area contributed by atoms with Crippen LogP contribution < -0.4 is 5.32 Å². The number of halogens is 1. The van der Waals surface area contributed by atoms with Gasteiger partial charge in [0.05, 0.1) is 11.2 Å². The van der Waals surface area contributed by atoms with Gasteiger partial charge in [0.1, 0.15) is 0 Å². The lowest BCUT2D eigenvalue weighted by molar-refractivity contribution is 0.886. The van der Waals surface area contributed by atoms with Crippen molar-refractivity contribution in [2.75, 3.05) is 5.32 Å². The van der Waals surface area contributed by atoms with Crippen LogP contribution in [-0.2, 0) is 0 Å². The summed E-state index contributed by atoms with van der Waals surface area (Å²) < 4.78 is 1.10. The van der Waals surface area contributed by atoms with Crippen LogP contribution in [0.4, 0.5) is 5.69 Å².